The number of rotatable bonds is 7. The van der Waals surface area contributed by atoms with Gasteiger partial charge in [-0.1, -0.05) is 12.1 Å². The summed E-state index contributed by atoms with van der Waals surface area (Å²) in [5.74, 6) is 1.87. The van der Waals surface area contributed by atoms with Gasteiger partial charge in [0.05, 0.1) is 26.4 Å². The summed E-state index contributed by atoms with van der Waals surface area (Å²) in [6, 6.07) is 12.9. The van der Waals surface area contributed by atoms with Gasteiger partial charge in [-0.25, -0.2) is 0 Å². The lowest BCUT2D eigenvalue weighted by Crippen LogP contribution is -2.26. The summed E-state index contributed by atoms with van der Waals surface area (Å²) in [5, 5.41) is 0. The van der Waals surface area contributed by atoms with Crippen molar-refractivity contribution in [3.8, 4) is 17.2 Å². The van der Waals surface area contributed by atoms with E-state index in [0.717, 1.165) is 11.3 Å². The minimum absolute atomic E-state index is 0.108. The Hall–Kier alpha value is -2.69. The molecular formula is C19H23NO4. The van der Waals surface area contributed by atoms with Crippen LogP contribution in [0, 0.1) is 0 Å². The second-order valence-electron chi connectivity index (χ2n) is 5.30. The van der Waals surface area contributed by atoms with E-state index in [-0.39, 0.29) is 5.91 Å². The quantitative estimate of drug-likeness (QED) is 0.781. The number of methoxy groups -OCH3 is 2. The molecular weight excluding hydrogens is 306 g/mol. The monoisotopic (exact) mass is 329 g/mol. The third kappa shape index (κ3) is 4.19. The summed E-state index contributed by atoms with van der Waals surface area (Å²) in [6.45, 7) is 3.08. The molecule has 0 unspecified atom stereocenters. The van der Waals surface area contributed by atoms with Crippen molar-refractivity contribution in [2.24, 2.45) is 0 Å². The summed E-state index contributed by atoms with van der Waals surface area (Å²) in [6.07, 6.45) is 0. The maximum absolute atomic E-state index is 12.7. The van der Waals surface area contributed by atoms with Crippen molar-refractivity contribution in [1.82, 2.24) is 4.90 Å². The summed E-state index contributed by atoms with van der Waals surface area (Å²) in [5.41, 5.74) is 1.54. The van der Waals surface area contributed by atoms with Crippen molar-refractivity contribution in [3.63, 3.8) is 0 Å². The van der Waals surface area contributed by atoms with E-state index in [9.17, 15) is 4.79 Å². The molecule has 0 saturated heterocycles. The summed E-state index contributed by atoms with van der Waals surface area (Å²) < 4.78 is 15.9. The number of benzene rings is 2. The molecule has 0 N–H and O–H groups in total. The van der Waals surface area contributed by atoms with Gasteiger partial charge in [-0.15, -0.1) is 0 Å². The molecule has 24 heavy (non-hydrogen) atoms. The van der Waals surface area contributed by atoms with Crippen LogP contribution in [0.25, 0.3) is 0 Å². The third-order valence-corrected chi connectivity index (χ3v) is 3.64. The largest absolute Gasteiger partial charge is 0.497 e. The predicted molar refractivity (Wildman–Crippen MR) is 93.0 cm³/mol. The first-order chi connectivity index (χ1) is 11.6. The minimum Gasteiger partial charge on any atom is -0.497 e. The molecule has 0 bridgehead atoms. The second-order valence-corrected chi connectivity index (χ2v) is 5.30. The van der Waals surface area contributed by atoms with E-state index in [2.05, 4.69) is 0 Å². The Kier molecular flexibility index (Phi) is 6.07. The van der Waals surface area contributed by atoms with E-state index in [1.807, 2.05) is 31.2 Å². The van der Waals surface area contributed by atoms with Crippen molar-refractivity contribution in [2.75, 3.05) is 27.9 Å². The summed E-state index contributed by atoms with van der Waals surface area (Å²) in [7, 11) is 4.88. The van der Waals surface area contributed by atoms with E-state index in [4.69, 9.17) is 14.2 Å². The Labute approximate surface area is 142 Å². The van der Waals surface area contributed by atoms with Crippen LogP contribution in [0.5, 0.6) is 17.2 Å². The number of ether oxygens (including phenoxy) is 3. The van der Waals surface area contributed by atoms with Crippen molar-refractivity contribution < 1.29 is 19.0 Å². The molecule has 2 aromatic carbocycles. The fourth-order valence-corrected chi connectivity index (χ4v) is 2.38. The van der Waals surface area contributed by atoms with Gasteiger partial charge in [0.2, 0.25) is 0 Å². The highest BCUT2D eigenvalue weighted by Gasteiger charge is 2.17. The SMILES string of the molecule is CCOc1ccc(CN(C)C(=O)c2ccc(OC)cc2OC)cc1. The topological polar surface area (TPSA) is 48.0 Å². The lowest BCUT2D eigenvalue weighted by Gasteiger charge is -2.19. The normalized spacial score (nSPS) is 10.2. The van der Waals surface area contributed by atoms with E-state index in [1.54, 1.807) is 37.3 Å². The van der Waals surface area contributed by atoms with E-state index >= 15 is 0 Å². The van der Waals surface area contributed by atoms with Crippen LogP contribution in [0.2, 0.25) is 0 Å². The molecule has 0 aliphatic rings. The number of hydrogen-bond acceptors (Lipinski definition) is 4. The van der Waals surface area contributed by atoms with Gasteiger partial charge < -0.3 is 19.1 Å². The number of hydrogen-bond donors (Lipinski definition) is 0. The van der Waals surface area contributed by atoms with Crippen LogP contribution in [0.3, 0.4) is 0 Å². The van der Waals surface area contributed by atoms with Crippen molar-refractivity contribution in [3.05, 3.63) is 53.6 Å². The Morgan fingerprint density at radius 3 is 2.25 bits per heavy atom. The molecule has 2 aromatic rings. The smallest absolute Gasteiger partial charge is 0.257 e. The predicted octanol–water partition coefficient (Wildman–Crippen LogP) is 3.37. The fourth-order valence-electron chi connectivity index (χ4n) is 2.38. The standard InChI is InChI=1S/C19H23NO4/c1-5-24-15-8-6-14(7-9-15)13-20(2)19(21)17-11-10-16(22-3)12-18(17)23-4/h6-12H,5,13H2,1-4H3. The van der Waals surface area contributed by atoms with E-state index in [1.165, 1.54) is 7.11 Å². The molecule has 128 valence electrons. The van der Waals surface area contributed by atoms with Gasteiger partial charge in [-0.2, -0.15) is 0 Å². The zero-order valence-electron chi connectivity index (χ0n) is 14.5. The van der Waals surface area contributed by atoms with Crippen LogP contribution in [0.15, 0.2) is 42.5 Å². The van der Waals surface area contributed by atoms with Crippen LogP contribution < -0.4 is 14.2 Å². The van der Waals surface area contributed by atoms with Crippen LogP contribution in [-0.4, -0.2) is 38.7 Å². The molecule has 0 heterocycles. The molecule has 0 atom stereocenters. The lowest BCUT2D eigenvalue weighted by atomic mass is 10.1. The second kappa shape index (κ2) is 8.24. The first-order valence-electron chi connectivity index (χ1n) is 7.78. The zero-order chi connectivity index (χ0) is 17.5. The van der Waals surface area contributed by atoms with E-state index < -0.39 is 0 Å². The maximum Gasteiger partial charge on any atom is 0.257 e. The van der Waals surface area contributed by atoms with Gasteiger partial charge in [0.15, 0.2) is 0 Å². The van der Waals surface area contributed by atoms with Gasteiger partial charge in [-0.05, 0) is 36.8 Å². The van der Waals surface area contributed by atoms with Crippen LogP contribution >= 0.6 is 0 Å². The molecule has 2 rings (SSSR count). The Balaban J connectivity index is 2.11. The summed E-state index contributed by atoms with van der Waals surface area (Å²) >= 11 is 0. The minimum atomic E-state index is -0.108. The molecule has 0 radical (unpaired) electrons. The van der Waals surface area contributed by atoms with Crippen LogP contribution in [0.4, 0.5) is 0 Å². The molecule has 1 amide bonds. The number of nitrogens with zero attached hydrogens (tertiary/aromatic N) is 1. The van der Waals surface area contributed by atoms with Gasteiger partial charge in [-0.3, -0.25) is 4.79 Å². The van der Waals surface area contributed by atoms with Crippen molar-refractivity contribution >= 4 is 5.91 Å². The van der Waals surface area contributed by atoms with Crippen molar-refractivity contribution in [1.29, 1.82) is 0 Å². The number of carbonyl (C=O) groups is 1. The van der Waals surface area contributed by atoms with Gasteiger partial charge >= 0.3 is 0 Å². The average Bonchev–Trinajstić information content (AvgIpc) is 2.62. The molecule has 0 aliphatic heterocycles. The Bertz CT molecular complexity index is 682. The van der Waals surface area contributed by atoms with Gasteiger partial charge in [0.25, 0.3) is 5.91 Å². The number of amides is 1. The molecule has 5 heteroatoms. The summed E-state index contributed by atoms with van der Waals surface area (Å²) in [4.78, 5) is 14.3. The Morgan fingerprint density at radius 1 is 1.00 bits per heavy atom. The molecule has 0 spiro atoms. The third-order valence-electron chi connectivity index (χ3n) is 3.64. The van der Waals surface area contributed by atoms with Crippen LogP contribution in [-0.2, 0) is 6.54 Å². The van der Waals surface area contributed by atoms with Crippen molar-refractivity contribution in [2.45, 2.75) is 13.5 Å². The highest BCUT2D eigenvalue weighted by molar-refractivity contribution is 5.97. The molecule has 0 aromatic heterocycles. The first kappa shape index (κ1) is 17.7. The number of carbonyl (C=O) groups excluding carboxylic acids is 1. The average molecular weight is 329 g/mol. The van der Waals surface area contributed by atoms with Crippen LogP contribution in [0.1, 0.15) is 22.8 Å². The molecule has 0 fully saturated rings. The maximum atomic E-state index is 12.7. The molecule has 0 saturated carbocycles. The van der Waals surface area contributed by atoms with Gasteiger partial charge in [0.1, 0.15) is 17.2 Å². The molecule has 5 nitrogen and oxygen atoms in total. The highest BCUT2D eigenvalue weighted by Crippen LogP contribution is 2.26. The lowest BCUT2D eigenvalue weighted by molar-refractivity contribution is 0.0781. The zero-order valence-corrected chi connectivity index (χ0v) is 14.5. The van der Waals surface area contributed by atoms with E-state index in [0.29, 0.717) is 30.2 Å². The highest BCUT2D eigenvalue weighted by atomic mass is 16.5. The van der Waals surface area contributed by atoms with Gasteiger partial charge in [0, 0.05) is 19.7 Å². The first-order valence-corrected chi connectivity index (χ1v) is 7.78. The Morgan fingerprint density at radius 2 is 1.67 bits per heavy atom. The fraction of sp³-hybridized carbons (Fsp3) is 0.316. The molecule has 0 aliphatic carbocycles.